The lowest BCUT2D eigenvalue weighted by molar-refractivity contribution is 0.0697. The van der Waals surface area contributed by atoms with Crippen molar-refractivity contribution in [3.8, 4) is 11.5 Å². The smallest absolute Gasteiger partial charge is 0.335 e. The van der Waals surface area contributed by atoms with Gasteiger partial charge in [-0.3, -0.25) is 4.68 Å². The molecule has 6 heteroatoms. The van der Waals surface area contributed by atoms with Crippen LogP contribution in [-0.2, 0) is 13.5 Å². The fourth-order valence-electron chi connectivity index (χ4n) is 2.18. The summed E-state index contributed by atoms with van der Waals surface area (Å²) in [5.74, 6) is -0.255. The Bertz CT molecular complexity index is 801. The van der Waals surface area contributed by atoms with Gasteiger partial charge in [-0.1, -0.05) is 6.92 Å². The highest BCUT2D eigenvalue weighted by Gasteiger charge is 2.12. The lowest BCUT2D eigenvalue weighted by atomic mass is 10.2. The molecule has 20 heavy (non-hydrogen) atoms. The van der Waals surface area contributed by atoms with Gasteiger partial charge in [-0.2, -0.15) is 5.10 Å². The van der Waals surface area contributed by atoms with Gasteiger partial charge in [-0.15, -0.1) is 0 Å². The van der Waals surface area contributed by atoms with Crippen molar-refractivity contribution in [1.29, 1.82) is 0 Å². The lowest BCUT2D eigenvalue weighted by Gasteiger charge is -1.95. The van der Waals surface area contributed by atoms with Crippen LogP contribution in [0.25, 0.3) is 22.6 Å². The Hall–Kier alpha value is -2.63. The van der Waals surface area contributed by atoms with Gasteiger partial charge in [0.1, 0.15) is 5.69 Å². The third-order valence-electron chi connectivity index (χ3n) is 3.26. The van der Waals surface area contributed by atoms with Crippen molar-refractivity contribution < 1.29 is 9.90 Å². The second-order valence-corrected chi connectivity index (χ2v) is 4.62. The van der Waals surface area contributed by atoms with Crippen molar-refractivity contribution in [3.05, 3.63) is 35.5 Å². The van der Waals surface area contributed by atoms with Crippen molar-refractivity contribution in [2.75, 3.05) is 0 Å². The van der Waals surface area contributed by atoms with Crippen LogP contribution in [0.2, 0.25) is 0 Å². The minimum absolute atomic E-state index is 0.243. The molecule has 0 amide bonds. The maximum Gasteiger partial charge on any atom is 0.335 e. The fourth-order valence-corrected chi connectivity index (χ4v) is 2.18. The van der Waals surface area contributed by atoms with E-state index in [1.54, 1.807) is 22.9 Å². The Balaban J connectivity index is 2.12. The Labute approximate surface area is 115 Å². The van der Waals surface area contributed by atoms with Crippen LogP contribution in [0.4, 0.5) is 0 Å². The minimum Gasteiger partial charge on any atom is -0.478 e. The molecule has 0 aliphatic heterocycles. The molecule has 6 nitrogen and oxygen atoms in total. The zero-order valence-corrected chi connectivity index (χ0v) is 11.2. The summed E-state index contributed by atoms with van der Waals surface area (Å²) in [6, 6.07) is 6.83. The predicted octanol–water partition coefficient (Wildman–Crippen LogP) is 2.22. The summed E-state index contributed by atoms with van der Waals surface area (Å²) >= 11 is 0. The van der Waals surface area contributed by atoms with Crippen LogP contribution < -0.4 is 0 Å². The van der Waals surface area contributed by atoms with Crippen molar-refractivity contribution in [2.24, 2.45) is 7.05 Å². The van der Waals surface area contributed by atoms with Crippen molar-refractivity contribution >= 4 is 17.0 Å². The molecule has 2 aromatic heterocycles. The van der Waals surface area contributed by atoms with E-state index in [2.05, 4.69) is 15.1 Å². The van der Waals surface area contributed by atoms with E-state index in [1.807, 2.05) is 20.0 Å². The van der Waals surface area contributed by atoms with E-state index in [4.69, 9.17) is 5.11 Å². The standard InChI is InChI=1S/C14H14N4O2/c1-3-9-7-12(18(2)17-9)13-15-10-5-4-8(14(19)20)6-11(10)16-13/h4-7H,3H2,1-2H3,(H,15,16)(H,19,20). The van der Waals surface area contributed by atoms with Crippen molar-refractivity contribution in [3.63, 3.8) is 0 Å². The number of hydrogen-bond donors (Lipinski definition) is 2. The summed E-state index contributed by atoms with van der Waals surface area (Å²) in [4.78, 5) is 18.6. The summed E-state index contributed by atoms with van der Waals surface area (Å²) in [5, 5.41) is 13.4. The van der Waals surface area contributed by atoms with Gasteiger partial charge >= 0.3 is 5.97 Å². The molecule has 0 aliphatic carbocycles. The number of imidazole rings is 1. The summed E-state index contributed by atoms with van der Waals surface area (Å²) in [6.45, 7) is 2.05. The van der Waals surface area contributed by atoms with Gasteiger partial charge < -0.3 is 10.1 Å². The summed E-state index contributed by atoms with van der Waals surface area (Å²) in [6.07, 6.45) is 0.858. The van der Waals surface area contributed by atoms with Crippen LogP contribution in [0, 0.1) is 0 Å². The second kappa shape index (κ2) is 4.48. The molecule has 2 N–H and O–H groups in total. The summed E-state index contributed by atoms with van der Waals surface area (Å²) in [5.41, 5.74) is 3.57. The number of fused-ring (bicyclic) bond motifs is 1. The number of aryl methyl sites for hydroxylation is 2. The van der Waals surface area contributed by atoms with Gasteiger partial charge in [0, 0.05) is 7.05 Å². The number of aromatic carboxylic acids is 1. The first kappa shape index (κ1) is 12.4. The number of nitrogens with one attached hydrogen (secondary N) is 1. The molecule has 3 aromatic rings. The molecule has 0 radical (unpaired) electrons. The fraction of sp³-hybridized carbons (Fsp3) is 0.214. The van der Waals surface area contributed by atoms with Gasteiger partial charge in [-0.05, 0) is 30.7 Å². The van der Waals surface area contributed by atoms with Gasteiger partial charge in [-0.25, -0.2) is 9.78 Å². The minimum atomic E-state index is -0.947. The average molecular weight is 270 g/mol. The number of H-pyrrole nitrogens is 1. The van der Waals surface area contributed by atoms with Crippen molar-refractivity contribution in [2.45, 2.75) is 13.3 Å². The molecule has 0 saturated carbocycles. The van der Waals surface area contributed by atoms with Crippen LogP contribution in [0.5, 0.6) is 0 Å². The number of rotatable bonds is 3. The number of carboxylic acid groups (broad SMARTS) is 1. The van der Waals surface area contributed by atoms with Crippen LogP contribution in [0.15, 0.2) is 24.3 Å². The number of carbonyl (C=O) groups is 1. The third kappa shape index (κ3) is 1.95. The van der Waals surface area contributed by atoms with E-state index in [1.165, 1.54) is 0 Å². The van der Waals surface area contributed by atoms with Gasteiger partial charge in [0.15, 0.2) is 5.82 Å². The number of aromatic nitrogens is 4. The molecule has 0 unspecified atom stereocenters. The van der Waals surface area contributed by atoms with Crippen molar-refractivity contribution in [1.82, 2.24) is 19.7 Å². The lowest BCUT2D eigenvalue weighted by Crippen LogP contribution is -1.95. The van der Waals surface area contributed by atoms with Crippen LogP contribution in [0.1, 0.15) is 23.0 Å². The quantitative estimate of drug-likeness (QED) is 0.764. The van der Waals surface area contributed by atoms with E-state index in [-0.39, 0.29) is 5.56 Å². The van der Waals surface area contributed by atoms with E-state index < -0.39 is 5.97 Å². The number of aromatic amines is 1. The number of carboxylic acids is 1. The normalized spacial score (nSPS) is 11.1. The molecule has 0 fully saturated rings. The molecule has 0 aliphatic rings. The molecule has 1 aromatic carbocycles. The highest BCUT2D eigenvalue weighted by Crippen LogP contribution is 2.22. The molecular formula is C14H14N4O2. The molecule has 2 heterocycles. The monoisotopic (exact) mass is 270 g/mol. The summed E-state index contributed by atoms with van der Waals surface area (Å²) < 4.78 is 1.77. The predicted molar refractivity (Wildman–Crippen MR) is 74.6 cm³/mol. The maximum atomic E-state index is 11.0. The van der Waals surface area contributed by atoms with Gasteiger partial charge in [0.25, 0.3) is 0 Å². The molecule has 0 spiro atoms. The first-order valence-electron chi connectivity index (χ1n) is 6.35. The maximum absolute atomic E-state index is 11.0. The first-order chi connectivity index (χ1) is 9.58. The number of nitrogens with zero attached hydrogens (tertiary/aromatic N) is 3. The van der Waals surface area contributed by atoms with Gasteiger partial charge in [0.2, 0.25) is 0 Å². The van der Waals surface area contributed by atoms with E-state index in [0.717, 1.165) is 23.3 Å². The Morgan fingerprint density at radius 1 is 1.40 bits per heavy atom. The van der Waals surface area contributed by atoms with Crippen LogP contribution in [0.3, 0.4) is 0 Å². The Morgan fingerprint density at radius 2 is 2.20 bits per heavy atom. The molecule has 0 bridgehead atoms. The zero-order chi connectivity index (χ0) is 14.3. The SMILES string of the molecule is CCc1cc(-c2nc3ccc(C(=O)O)cc3[nH]2)n(C)n1. The molecular weight excluding hydrogens is 256 g/mol. The van der Waals surface area contributed by atoms with Crippen LogP contribution in [-0.4, -0.2) is 30.8 Å². The highest BCUT2D eigenvalue weighted by molar-refractivity contribution is 5.92. The second-order valence-electron chi connectivity index (χ2n) is 4.62. The van der Waals surface area contributed by atoms with E-state index >= 15 is 0 Å². The first-order valence-corrected chi connectivity index (χ1v) is 6.35. The molecule has 102 valence electrons. The highest BCUT2D eigenvalue weighted by atomic mass is 16.4. The van der Waals surface area contributed by atoms with Gasteiger partial charge in [0.05, 0.1) is 22.3 Å². The molecule has 3 rings (SSSR count). The number of benzene rings is 1. The van der Waals surface area contributed by atoms with E-state index in [0.29, 0.717) is 11.3 Å². The zero-order valence-electron chi connectivity index (χ0n) is 11.2. The summed E-state index contributed by atoms with van der Waals surface area (Å²) in [7, 11) is 1.87. The largest absolute Gasteiger partial charge is 0.478 e. The average Bonchev–Trinajstić information content (AvgIpc) is 3.00. The Morgan fingerprint density at radius 3 is 2.85 bits per heavy atom. The van der Waals surface area contributed by atoms with E-state index in [9.17, 15) is 4.79 Å². The topological polar surface area (TPSA) is 83.8 Å². The molecule has 0 saturated heterocycles. The number of hydrogen-bond acceptors (Lipinski definition) is 3. The van der Waals surface area contributed by atoms with Crippen LogP contribution >= 0.6 is 0 Å². The Kier molecular flexibility index (Phi) is 2.78. The third-order valence-corrected chi connectivity index (χ3v) is 3.26. The molecule has 0 atom stereocenters.